The number of amides is 1. The first-order valence-electron chi connectivity index (χ1n) is 10.0. The lowest BCUT2D eigenvalue weighted by Crippen LogP contribution is -2.40. The fraction of sp³-hybridized carbons (Fsp3) is 0.261. The van der Waals surface area contributed by atoms with Crippen molar-refractivity contribution in [3.05, 3.63) is 83.8 Å². The number of morpholine rings is 1. The Morgan fingerprint density at radius 1 is 1.00 bits per heavy atom. The summed E-state index contributed by atoms with van der Waals surface area (Å²) in [6.07, 6.45) is 1.57. The lowest BCUT2D eigenvalue weighted by atomic mass is 10.1. The van der Waals surface area contributed by atoms with Crippen LogP contribution in [0.3, 0.4) is 0 Å². The summed E-state index contributed by atoms with van der Waals surface area (Å²) < 4.78 is 37.7. The topological polar surface area (TPSA) is 80.1 Å². The van der Waals surface area contributed by atoms with Gasteiger partial charge in [-0.15, -0.1) is 0 Å². The number of benzene rings is 2. The standard InChI is InChI=1S/C23H24N2O5S/c1-18-4-8-20(9-5-18)25(17-21-3-2-14-30-21)23(26)19-6-10-22(11-7-19)31(27,28)24-12-15-29-16-13-24/h2-11,14H,12-13,15-17H2,1H3. The van der Waals surface area contributed by atoms with Crippen molar-refractivity contribution >= 4 is 21.6 Å². The molecule has 0 N–H and O–H groups in total. The van der Waals surface area contributed by atoms with Gasteiger partial charge in [0.05, 0.1) is 30.9 Å². The number of hydrogen-bond acceptors (Lipinski definition) is 5. The highest BCUT2D eigenvalue weighted by Crippen LogP contribution is 2.23. The van der Waals surface area contributed by atoms with E-state index in [9.17, 15) is 13.2 Å². The number of sulfonamides is 1. The summed E-state index contributed by atoms with van der Waals surface area (Å²) in [5.41, 5.74) is 2.22. The van der Waals surface area contributed by atoms with Crippen molar-refractivity contribution < 1.29 is 22.4 Å². The Balaban J connectivity index is 1.60. The Kier molecular flexibility index (Phi) is 6.22. The molecule has 1 saturated heterocycles. The molecule has 0 spiro atoms. The monoisotopic (exact) mass is 440 g/mol. The Bertz CT molecular complexity index is 1120. The van der Waals surface area contributed by atoms with E-state index in [1.807, 2.05) is 37.3 Å². The van der Waals surface area contributed by atoms with Gasteiger partial charge in [0.25, 0.3) is 5.91 Å². The number of aryl methyl sites for hydroxylation is 1. The number of nitrogens with zero attached hydrogens (tertiary/aromatic N) is 2. The zero-order valence-electron chi connectivity index (χ0n) is 17.2. The summed E-state index contributed by atoms with van der Waals surface area (Å²) in [6.45, 7) is 3.67. The van der Waals surface area contributed by atoms with E-state index in [2.05, 4.69) is 0 Å². The molecule has 1 aliphatic rings. The first kappa shape index (κ1) is 21.3. The smallest absolute Gasteiger partial charge is 0.258 e. The first-order chi connectivity index (χ1) is 14.9. The van der Waals surface area contributed by atoms with Crippen LogP contribution in [-0.4, -0.2) is 44.9 Å². The van der Waals surface area contributed by atoms with Crippen molar-refractivity contribution in [1.82, 2.24) is 4.31 Å². The van der Waals surface area contributed by atoms with E-state index < -0.39 is 10.0 Å². The molecule has 162 valence electrons. The second-order valence-corrected chi connectivity index (χ2v) is 9.28. The highest BCUT2D eigenvalue weighted by atomic mass is 32.2. The van der Waals surface area contributed by atoms with Crippen molar-refractivity contribution in [2.24, 2.45) is 0 Å². The lowest BCUT2D eigenvalue weighted by molar-refractivity contribution is 0.0730. The predicted octanol–water partition coefficient (Wildman–Crippen LogP) is 3.46. The summed E-state index contributed by atoms with van der Waals surface area (Å²) in [6, 6.07) is 17.3. The Hall–Kier alpha value is -2.94. The van der Waals surface area contributed by atoms with Crippen LogP contribution in [0.1, 0.15) is 21.7 Å². The minimum Gasteiger partial charge on any atom is -0.467 e. The first-order valence-corrected chi connectivity index (χ1v) is 11.5. The van der Waals surface area contributed by atoms with Crippen LogP contribution in [-0.2, 0) is 21.3 Å². The molecule has 0 aliphatic carbocycles. The number of carbonyl (C=O) groups excluding carboxylic acids is 1. The van der Waals surface area contributed by atoms with Crippen LogP contribution >= 0.6 is 0 Å². The third kappa shape index (κ3) is 4.71. The normalized spacial score (nSPS) is 15.0. The van der Waals surface area contributed by atoms with Crippen molar-refractivity contribution in [2.45, 2.75) is 18.4 Å². The Morgan fingerprint density at radius 3 is 2.29 bits per heavy atom. The van der Waals surface area contributed by atoms with Crippen LogP contribution in [0.4, 0.5) is 5.69 Å². The van der Waals surface area contributed by atoms with Gasteiger partial charge in [0, 0.05) is 24.3 Å². The molecular weight excluding hydrogens is 416 g/mol. The fourth-order valence-corrected chi connectivity index (χ4v) is 4.83. The summed E-state index contributed by atoms with van der Waals surface area (Å²) in [5, 5.41) is 0. The summed E-state index contributed by atoms with van der Waals surface area (Å²) >= 11 is 0. The third-order valence-corrected chi connectivity index (χ3v) is 7.11. The molecule has 1 amide bonds. The van der Waals surface area contributed by atoms with Gasteiger partial charge in [0.2, 0.25) is 10.0 Å². The molecule has 1 aliphatic heterocycles. The van der Waals surface area contributed by atoms with Gasteiger partial charge in [-0.3, -0.25) is 4.79 Å². The molecular formula is C23H24N2O5S. The molecule has 2 aromatic carbocycles. The molecule has 0 unspecified atom stereocenters. The molecule has 0 saturated carbocycles. The van der Waals surface area contributed by atoms with E-state index in [4.69, 9.17) is 9.15 Å². The van der Waals surface area contributed by atoms with Crippen molar-refractivity contribution in [3.8, 4) is 0 Å². The zero-order valence-corrected chi connectivity index (χ0v) is 18.0. The van der Waals surface area contributed by atoms with Gasteiger partial charge >= 0.3 is 0 Å². The zero-order chi connectivity index (χ0) is 21.8. The highest BCUT2D eigenvalue weighted by Gasteiger charge is 2.27. The maximum absolute atomic E-state index is 13.3. The number of furan rings is 1. The van der Waals surface area contributed by atoms with E-state index in [0.717, 1.165) is 11.3 Å². The van der Waals surface area contributed by atoms with E-state index in [1.165, 1.54) is 16.4 Å². The average Bonchev–Trinajstić information content (AvgIpc) is 3.32. The molecule has 2 heterocycles. The van der Waals surface area contributed by atoms with Crippen LogP contribution in [0.15, 0.2) is 76.2 Å². The van der Waals surface area contributed by atoms with E-state index in [0.29, 0.717) is 37.6 Å². The molecule has 1 aromatic heterocycles. The van der Waals surface area contributed by atoms with E-state index in [-0.39, 0.29) is 17.3 Å². The number of anilines is 1. The third-order valence-electron chi connectivity index (χ3n) is 5.19. The quantitative estimate of drug-likeness (QED) is 0.587. The van der Waals surface area contributed by atoms with E-state index >= 15 is 0 Å². The van der Waals surface area contributed by atoms with Crippen molar-refractivity contribution in [1.29, 1.82) is 0 Å². The average molecular weight is 441 g/mol. The number of carbonyl (C=O) groups is 1. The van der Waals surface area contributed by atoms with Crippen LogP contribution in [0.5, 0.6) is 0 Å². The Morgan fingerprint density at radius 2 is 1.68 bits per heavy atom. The van der Waals surface area contributed by atoms with Gasteiger partial charge in [0.1, 0.15) is 5.76 Å². The number of hydrogen-bond donors (Lipinski definition) is 0. The molecule has 3 aromatic rings. The van der Waals surface area contributed by atoms with Crippen LogP contribution in [0.25, 0.3) is 0 Å². The maximum atomic E-state index is 13.3. The molecule has 4 rings (SSSR count). The van der Waals surface area contributed by atoms with Crippen LogP contribution in [0.2, 0.25) is 0 Å². The van der Waals surface area contributed by atoms with Gasteiger partial charge in [-0.1, -0.05) is 17.7 Å². The second-order valence-electron chi connectivity index (χ2n) is 7.35. The van der Waals surface area contributed by atoms with E-state index in [1.54, 1.807) is 29.4 Å². The molecule has 1 fully saturated rings. The maximum Gasteiger partial charge on any atom is 0.258 e. The van der Waals surface area contributed by atoms with Gasteiger partial charge in [-0.2, -0.15) is 4.31 Å². The molecule has 0 bridgehead atoms. The molecule has 31 heavy (non-hydrogen) atoms. The van der Waals surface area contributed by atoms with Crippen LogP contribution < -0.4 is 4.90 Å². The highest BCUT2D eigenvalue weighted by molar-refractivity contribution is 7.89. The minimum atomic E-state index is -3.61. The largest absolute Gasteiger partial charge is 0.467 e. The predicted molar refractivity (Wildman–Crippen MR) is 116 cm³/mol. The van der Waals surface area contributed by atoms with Crippen LogP contribution in [0, 0.1) is 6.92 Å². The summed E-state index contributed by atoms with van der Waals surface area (Å²) in [7, 11) is -3.61. The Labute approximate surface area is 181 Å². The molecule has 7 nitrogen and oxygen atoms in total. The molecule has 8 heteroatoms. The summed E-state index contributed by atoms with van der Waals surface area (Å²) in [5.74, 6) is 0.413. The van der Waals surface area contributed by atoms with Gasteiger partial charge in [0.15, 0.2) is 0 Å². The number of ether oxygens (including phenoxy) is 1. The van der Waals surface area contributed by atoms with Gasteiger partial charge < -0.3 is 14.1 Å². The molecule has 0 radical (unpaired) electrons. The van der Waals surface area contributed by atoms with Crippen molar-refractivity contribution in [2.75, 3.05) is 31.2 Å². The summed E-state index contributed by atoms with van der Waals surface area (Å²) in [4.78, 5) is 15.1. The fourth-order valence-electron chi connectivity index (χ4n) is 3.42. The number of rotatable bonds is 6. The second kappa shape index (κ2) is 9.05. The molecule has 0 atom stereocenters. The lowest BCUT2D eigenvalue weighted by Gasteiger charge is -2.26. The van der Waals surface area contributed by atoms with Crippen molar-refractivity contribution in [3.63, 3.8) is 0 Å². The SMILES string of the molecule is Cc1ccc(N(Cc2ccco2)C(=O)c2ccc(S(=O)(=O)N3CCOCC3)cc2)cc1. The minimum absolute atomic E-state index is 0.166. The van der Waals surface area contributed by atoms with Gasteiger partial charge in [-0.25, -0.2) is 8.42 Å². The van der Waals surface area contributed by atoms with Gasteiger partial charge in [-0.05, 0) is 55.5 Å².